The second-order valence-corrected chi connectivity index (χ2v) is 8.44. The maximum Gasteiger partial charge on any atom is 0.220 e. The van der Waals surface area contributed by atoms with Crippen molar-refractivity contribution in [2.45, 2.75) is 43.9 Å². The minimum absolute atomic E-state index is 0.00286. The van der Waals surface area contributed by atoms with Crippen molar-refractivity contribution in [3.8, 4) is 0 Å². The summed E-state index contributed by atoms with van der Waals surface area (Å²) < 4.78 is 6.48. The predicted molar refractivity (Wildman–Crippen MR) is 103 cm³/mol. The van der Waals surface area contributed by atoms with Gasteiger partial charge < -0.3 is 15.0 Å². The number of hydrogen-bond acceptors (Lipinski definition) is 5. The van der Waals surface area contributed by atoms with Gasteiger partial charge in [0.2, 0.25) is 5.91 Å². The summed E-state index contributed by atoms with van der Waals surface area (Å²) in [5, 5.41) is 3.18. The smallest absolute Gasteiger partial charge is 0.220 e. The van der Waals surface area contributed by atoms with Crippen molar-refractivity contribution in [1.82, 2.24) is 25.2 Å². The summed E-state index contributed by atoms with van der Waals surface area (Å²) in [6.45, 7) is 3.63. The Kier molecular flexibility index (Phi) is 4.64. The molecule has 2 aromatic heterocycles. The third-order valence-corrected chi connectivity index (χ3v) is 6.73. The lowest BCUT2D eigenvalue weighted by molar-refractivity contribution is -0.121. The molecule has 7 nitrogen and oxygen atoms in total. The van der Waals surface area contributed by atoms with E-state index in [0.717, 1.165) is 56.7 Å². The number of fused-ring (bicyclic) bond motifs is 1. The predicted octanol–water partition coefficient (Wildman–Crippen LogP) is 1.53. The zero-order valence-corrected chi connectivity index (χ0v) is 16.0. The van der Waals surface area contributed by atoms with Crippen LogP contribution in [0.4, 0.5) is 0 Å². The molecule has 2 N–H and O–H groups in total. The maximum atomic E-state index is 12.4. The number of hydrogen-bond donors (Lipinski definition) is 2. The molecule has 4 atom stereocenters. The molecule has 2 bridgehead atoms. The molecule has 148 valence electrons. The average Bonchev–Trinajstić information content (AvgIpc) is 3.47. The number of aryl methyl sites for hydroxylation is 1. The molecule has 3 fully saturated rings. The Balaban J connectivity index is 1.15. The highest BCUT2D eigenvalue weighted by atomic mass is 16.5. The van der Waals surface area contributed by atoms with Gasteiger partial charge in [0.15, 0.2) is 0 Å². The molecule has 2 aromatic rings. The minimum atomic E-state index is -0.00286. The number of amides is 1. The molecule has 0 aliphatic carbocycles. The minimum Gasteiger partial charge on any atom is -0.370 e. The van der Waals surface area contributed by atoms with E-state index < -0.39 is 0 Å². The highest BCUT2D eigenvalue weighted by Gasteiger charge is 2.62. The molecule has 0 unspecified atom stereocenters. The molecule has 28 heavy (non-hydrogen) atoms. The van der Waals surface area contributed by atoms with Crippen molar-refractivity contribution in [2.24, 2.45) is 11.8 Å². The SMILES string of the molecule is O=C(CCc1ccncc1)NC[C@H]1[C@H]2CN(Cc3cnc[nH]3)C[C@]23CC[C@H]1O3. The Morgan fingerprint density at radius 3 is 3.07 bits per heavy atom. The number of pyridine rings is 1. The number of carbonyl (C=O) groups is 1. The van der Waals surface area contributed by atoms with Crippen LogP contribution in [0.3, 0.4) is 0 Å². The third-order valence-electron chi connectivity index (χ3n) is 6.73. The topological polar surface area (TPSA) is 83.1 Å². The number of carbonyl (C=O) groups excluding carboxylic acids is 1. The third kappa shape index (κ3) is 3.33. The number of likely N-dealkylation sites (tertiary alicyclic amines) is 1. The number of H-pyrrole nitrogens is 1. The second-order valence-electron chi connectivity index (χ2n) is 8.44. The van der Waals surface area contributed by atoms with Crippen molar-refractivity contribution < 1.29 is 9.53 Å². The van der Waals surface area contributed by atoms with Crippen molar-refractivity contribution in [1.29, 1.82) is 0 Å². The molecule has 7 heteroatoms. The summed E-state index contributed by atoms with van der Waals surface area (Å²) in [6.07, 6.45) is 11.0. The zero-order chi connectivity index (χ0) is 19.0. The van der Waals surface area contributed by atoms with E-state index in [0.29, 0.717) is 24.4 Å². The van der Waals surface area contributed by atoms with Crippen LogP contribution in [0.1, 0.15) is 30.5 Å². The van der Waals surface area contributed by atoms with Crippen LogP contribution in [0, 0.1) is 11.8 Å². The van der Waals surface area contributed by atoms with E-state index in [2.05, 4.69) is 25.2 Å². The number of aromatic amines is 1. The van der Waals surface area contributed by atoms with Crippen LogP contribution < -0.4 is 5.32 Å². The summed E-state index contributed by atoms with van der Waals surface area (Å²) in [4.78, 5) is 26.2. The molecule has 0 saturated carbocycles. The number of rotatable bonds is 7. The van der Waals surface area contributed by atoms with Gasteiger partial charge in [-0.2, -0.15) is 0 Å². The molecule has 0 radical (unpaired) electrons. The molecule has 3 aliphatic rings. The Morgan fingerprint density at radius 2 is 2.25 bits per heavy atom. The van der Waals surface area contributed by atoms with Gasteiger partial charge in [-0.3, -0.25) is 14.7 Å². The lowest BCUT2D eigenvalue weighted by Gasteiger charge is -2.29. The van der Waals surface area contributed by atoms with Gasteiger partial charge in [-0.25, -0.2) is 4.98 Å². The fourth-order valence-corrected chi connectivity index (χ4v) is 5.42. The van der Waals surface area contributed by atoms with Crippen LogP contribution in [-0.4, -0.2) is 57.1 Å². The van der Waals surface area contributed by atoms with E-state index in [1.807, 2.05) is 18.3 Å². The first-order valence-electron chi connectivity index (χ1n) is 10.2. The molecular formula is C21H27N5O2. The van der Waals surface area contributed by atoms with E-state index in [-0.39, 0.29) is 11.5 Å². The van der Waals surface area contributed by atoms with Gasteiger partial charge in [0, 0.05) is 68.7 Å². The summed E-state index contributed by atoms with van der Waals surface area (Å²) >= 11 is 0. The highest BCUT2D eigenvalue weighted by molar-refractivity contribution is 5.76. The van der Waals surface area contributed by atoms with E-state index in [4.69, 9.17) is 4.74 Å². The van der Waals surface area contributed by atoms with Crippen molar-refractivity contribution in [2.75, 3.05) is 19.6 Å². The standard InChI is InChI=1S/C21H27N5O2/c27-20(2-1-15-4-7-22-8-5-15)24-10-17-18-12-26(11-16-9-23-14-25-16)13-21(18)6-3-19(17)28-21/h4-5,7-9,14,17-19H,1-3,6,10-13H2,(H,23,25)(H,24,27)/t17-,18+,19+,21+/m0/s1. The zero-order valence-electron chi connectivity index (χ0n) is 16.0. The molecule has 3 saturated heterocycles. The largest absolute Gasteiger partial charge is 0.370 e. The van der Waals surface area contributed by atoms with Crippen LogP contribution in [0.15, 0.2) is 37.1 Å². The lowest BCUT2D eigenvalue weighted by Crippen LogP contribution is -2.41. The maximum absolute atomic E-state index is 12.4. The quantitative estimate of drug-likeness (QED) is 0.760. The number of ether oxygens (including phenoxy) is 1. The Hall–Kier alpha value is -2.25. The lowest BCUT2D eigenvalue weighted by atomic mass is 9.73. The first kappa shape index (κ1) is 17.8. The Labute approximate surface area is 164 Å². The normalized spacial score (nSPS) is 31.2. The molecule has 1 amide bonds. The number of nitrogens with zero attached hydrogens (tertiary/aromatic N) is 3. The van der Waals surface area contributed by atoms with Gasteiger partial charge in [0.05, 0.1) is 18.0 Å². The van der Waals surface area contributed by atoms with Crippen molar-refractivity contribution in [3.05, 3.63) is 48.3 Å². The van der Waals surface area contributed by atoms with Gasteiger partial charge in [0.25, 0.3) is 0 Å². The molecular weight excluding hydrogens is 354 g/mol. The van der Waals surface area contributed by atoms with Gasteiger partial charge in [-0.05, 0) is 37.0 Å². The van der Waals surface area contributed by atoms with E-state index in [1.165, 1.54) is 0 Å². The summed E-state index contributed by atoms with van der Waals surface area (Å²) in [6, 6.07) is 3.93. The first-order valence-corrected chi connectivity index (χ1v) is 10.2. The number of aromatic nitrogens is 3. The Morgan fingerprint density at radius 1 is 1.36 bits per heavy atom. The number of imidazole rings is 1. The molecule has 0 aromatic carbocycles. The summed E-state index contributed by atoms with van der Waals surface area (Å²) in [5.74, 6) is 1.06. The van der Waals surface area contributed by atoms with E-state index in [9.17, 15) is 4.79 Å². The van der Waals surface area contributed by atoms with Crippen LogP contribution in [0.2, 0.25) is 0 Å². The Bertz CT molecular complexity index is 811. The van der Waals surface area contributed by atoms with Crippen LogP contribution >= 0.6 is 0 Å². The molecule has 5 heterocycles. The summed E-state index contributed by atoms with van der Waals surface area (Å²) in [7, 11) is 0. The van der Waals surface area contributed by atoms with Crippen LogP contribution in [0.5, 0.6) is 0 Å². The molecule has 3 aliphatic heterocycles. The van der Waals surface area contributed by atoms with Crippen molar-refractivity contribution in [3.63, 3.8) is 0 Å². The van der Waals surface area contributed by atoms with Gasteiger partial charge >= 0.3 is 0 Å². The second kappa shape index (κ2) is 7.29. The fourth-order valence-electron chi connectivity index (χ4n) is 5.42. The van der Waals surface area contributed by atoms with Crippen LogP contribution in [-0.2, 0) is 22.5 Å². The monoisotopic (exact) mass is 381 g/mol. The van der Waals surface area contributed by atoms with Crippen LogP contribution in [0.25, 0.3) is 0 Å². The van der Waals surface area contributed by atoms with E-state index >= 15 is 0 Å². The average molecular weight is 381 g/mol. The van der Waals surface area contributed by atoms with E-state index in [1.54, 1.807) is 18.7 Å². The first-order chi connectivity index (χ1) is 13.7. The number of nitrogens with one attached hydrogen (secondary N) is 2. The fraction of sp³-hybridized carbons (Fsp3) is 0.571. The highest BCUT2D eigenvalue weighted by Crippen LogP contribution is 2.54. The van der Waals surface area contributed by atoms with Gasteiger partial charge in [0.1, 0.15) is 0 Å². The molecule has 5 rings (SSSR count). The molecule has 1 spiro atoms. The van der Waals surface area contributed by atoms with Crippen molar-refractivity contribution >= 4 is 5.91 Å². The van der Waals surface area contributed by atoms with Gasteiger partial charge in [-0.15, -0.1) is 0 Å². The summed E-state index contributed by atoms with van der Waals surface area (Å²) in [5.41, 5.74) is 2.29. The van der Waals surface area contributed by atoms with Gasteiger partial charge in [-0.1, -0.05) is 0 Å².